The van der Waals surface area contributed by atoms with Crippen molar-refractivity contribution in [2.24, 2.45) is 0 Å². The van der Waals surface area contributed by atoms with E-state index < -0.39 is 106 Å². The maximum absolute atomic E-state index is 10.6. The maximum Gasteiger partial charge on any atom is 0.187 e. The SMILES string of the molecule is OC[C@H]1O[C@@H](O)[C@H](O[C@@H]2O[C@H](CO)[C@@H](O)[C@H](O)[C@H]2O)[C@@H](O[C@@H]2OC[C@H](O)[C@H](O)[C@H]2O)[C@H]1O. The van der Waals surface area contributed by atoms with Crippen LogP contribution in [-0.4, -0.2) is 157 Å². The summed E-state index contributed by atoms with van der Waals surface area (Å²) in [5, 5.41) is 99.2. The van der Waals surface area contributed by atoms with Gasteiger partial charge in [-0.3, -0.25) is 0 Å². The van der Waals surface area contributed by atoms with E-state index >= 15 is 0 Å². The molecular weight excluding hydrogens is 444 g/mol. The summed E-state index contributed by atoms with van der Waals surface area (Å²) < 4.78 is 26.4. The largest absolute Gasteiger partial charge is 0.394 e. The summed E-state index contributed by atoms with van der Waals surface area (Å²) in [7, 11) is 0. The Morgan fingerprint density at radius 2 is 1.16 bits per heavy atom. The van der Waals surface area contributed by atoms with Gasteiger partial charge in [-0.25, -0.2) is 0 Å². The standard InChI is InChI=1S/C17H30O15/c18-1-5-8(22)10(24)12(26)17(30-5)32-14-13(9(23)6(2-19)29-15(14)27)31-16-11(25)7(21)4(20)3-28-16/h4-27H,1-3H2/t4-,5+,6+,7-,8+,9-,10-,11+,12+,13-,14+,15+,16-,17-/m0/s1. The summed E-state index contributed by atoms with van der Waals surface area (Å²) in [6.07, 6.45) is -23.0. The van der Waals surface area contributed by atoms with Crippen molar-refractivity contribution in [1.29, 1.82) is 0 Å². The summed E-state index contributed by atoms with van der Waals surface area (Å²) in [6, 6.07) is 0. The van der Waals surface area contributed by atoms with Crippen LogP contribution in [0.15, 0.2) is 0 Å². The Hall–Kier alpha value is -0.600. The minimum Gasteiger partial charge on any atom is -0.394 e. The van der Waals surface area contributed by atoms with Crippen LogP contribution in [-0.2, 0) is 23.7 Å². The Morgan fingerprint density at radius 3 is 1.78 bits per heavy atom. The Labute approximate surface area is 181 Å². The molecule has 0 saturated carbocycles. The van der Waals surface area contributed by atoms with Crippen LogP contribution in [0.5, 0.6) is 0 Å². The van der Waals surface area contributed by atoms with E-state index in [4.69, 9.17) is 23.7 Å². The predicted molar refractivity (Wildman–Crippen MR) is 95.2 cm³/mol. The third kappa shape index (κ3) is 5.07. The zero-order valence-electron chi connectivity index (χ0n) is 16.7. The summed E-state index contributed by atoms with van der Waals surface area (Å²) >= 11 is 0. The molecule has 3 aliphatic rings. The molecule has 0 amide bonds. The van der Waals surface area contributed by atoms with Crippen LogP contribution in [0.1, 0.15) is 0 Å². The van der Waals surface area contributed by atoms with Gasteiger partial charge in [0.05, 0.1) is 19.8 Å². The Balaban J connectivity index is 1.80. The highest BCUT2D eigenvalue weighted by Crippen LogP contribution is 2.31. The fourth-order valence-electron chi connectivity index (χ4n) is 3.75. The molecule has 0 spiro atoms. The molecular formula is C17H30O15. The van der Waals surface area contributed by atoms with Gasteiger partial charge in [-0.05, 0) is 0 Å². The third-order valence-corrected chi connectivity index (χ3v) is 5.70. The van der Waals surface area contributed by atoms with Crippen LogP contribution in [0, 0.1) is 0 Å². The molecule has 3 aliphatic heterocycles. The van der Waals surface area contributed by atoms with E-state index in [-0.39, 0.29) is 0 Å². The van der Waals surface area contributed by atoms with Crippen molar-refractivity contribution >= 4 is 0 Å². The van der Waals surface area contributed by atoms with Gasteiger partial charge in [0.2, 0.25) is 0 Å². The number of rotatable bonds is 6. The molecule has 0 aromatic carbocycles. The minimum absolute atomic E-state index is 0.424. The molecule has 32 heavy (non-hydrogen) atoms. The van der Waals surface area contributed by atoms with Gasteiger partial charge >= 0.3 is 0 Å². The van der Waals surface area contributed by atoms with E-state index in [2.05, 4.69) is 0 Å². The van der Waals surface area contributed by atoms with Gasteiger partial charge in [0.15, 0.2) is 18.9 Å². The second-order valence-corrected chi connectivity index (χ2v) is 7.89. The fourth-order valence-corrected chi connectivity index (χ4v) is 3.75. The molecule has 15 heteroatoms. The van der Waals surface area contributed by atoms with Crippen molar-refractivity contribution in [2.45, 2.75) is 86.0 Å². The number of aliphatic hydroxyl groups excluding tert-OH is 10. The molecule has 0 bridgehead atoms. The van der Waals surface area contributed by atoms with E-state index in [9.17, 15) is 51.1 Å². The Bertz CT molecular complexity index is 594. The van der Waals surface area contributed by atoms with Crippen LogP contribution >= 0.6 is 0 Å². The molecule has 0 aromatic rings. The lowest BCUT2D eigenvalue weighted by molar-refractivity contribution is -0.383. The lowest BCUT2D eigenvalue weighted by Gasteiger charge is -2.47. The molecule has 15 nitrogen and oxygen atoms in total. The molecule has 14 atom stereocenters. The predicted octanol–water partition coefficient (Wildman–Crippen LogP) is -6.93. The highest BCUT2D eigenvalue weighted by atomic mass is 16.8. The average molecular weight is 474 g/mol. The lowest BCUT2D eigenvalue weighted by Crippen LogP contribution is -2.66. The quantitative estimate of drug-likeness (QED) is 0.172. The van der Waals surface area contributed by atoms with E-state index in [1.807, 2.05) is 0 Å². The molecule has 0 radical (unpaired) electrons. The number of aliphatic hydroxyl groups is 10. The van der Waals surface area contributed by atoms with Crippen molar-refractivity contribution < 1.29 is 74.7 Å². The normalized spacial score (nSPS) is 52.7. The summed E-state index contributed by atoms with van der Waals surface area (Å²) in [5.41, 5.74) is 0. The number of hydrogen-bond acceptors (Lipinski definition) is 15. The highest BCUT2D eigenvalue weighted by Gasteiger charge is 2.52. The van der Waals surface area contributed by atoms with E-state index in [1.165, 1.54) is 0 Å². The maximum atomic E-state index is 10.6. The van der Waals surface area contributed by atoms with E-state index in [1.54, 1.807) is 0 Å². The van der Waals surface area contributed by atoms with Gasteiger partial charge in [-0.1, -0.05) is 0 Å². The first kappa shape index (κ1) is 26.0. The zero-order valence-corrected chi connectivity index (χ0v) is 16.7. The fraction of sp³-hybridized carbons (Fsp3) is 1.00. The van der Waals surface area contributed by atoms with Crippen LogP contribution in [0.2, 0.25) is 0 Å². The molecule has 188 valence electrons. The molecule has 3 saturated heterocycles. The molecule has 10 N–H and O–H groups in total. The summed E-state index contributed by atoms with van der Waals surface area (Å²) in [5.74, 6) is 0. The first-order valence-electron chi connectivity index (χ1n) is 10.00. The number of hydrogen-bond donors (Lipinski definition) is 10. The van der Waals surface area contributed by atoms with Gasteiger partial charge in [0, 0.05) is 0 Å². The smallest absolute Gasteiger partial charge is 0.187 e. The van der Waals surface area contributed by atoms with Crippen LogP contribution in [0.4, 0.5) is 0 Å². The monoisotopic (exact) mass is 474 g/mol. The number of ether oxygens (including phenoxy) is 5. The molecule has 3 fully saturated rings. The molecule has 0 unspecified atom stereocenters. The van der Waals surface area contributed by atoms with Crippen LogP contribution < -0.4 is 0 Å². The van der Waals surface area contributed by atoms with Crippen LogP contribution in [0.25, 0.3) is 0 Å². The first-order chi connectivity index (χ1) is 15.1. The van der Waals surface area contributed by atoms with Crippen molar-refractivity contribution in [3.8, 4) is 0 Å². The minimum atomic E-state index is -1.89. The van der Waals surface area contributed by atoms with Gasteiger partial charge in [0.25, 0.3) is 0 Å². The topological polar surface area (TPSA) is 248 Å². The molecule has 0 aromatic heterocycles. The van der Waals surface area contributed by atoms with Gasteiger partial charge < -0.3 is 74.7 Å². The highest BCUT2D eigenvalue weighted by molar-refractivity contribution is 4.95. The average Bonchev–Trinajstić information content (AvgIpc) is 2.78. The second-order valence-electron chi connectivity index (χ2n) is 7.89. The Morgan fingerprint density at radius 1 is 0.594 bits per heavy atom. The first-order valence-corrected chi connectivity index (χ1v) is 10.00. The Kier molecular flexibility index (Phi) is 8.75. The van der Waals surface area contributed by atoms with Crippen LogP contribution in [0.3, 0.4) is 0 Å². The summed E-state index contributed by atoms with van der Waals surface area (Å²) in [6.45, 7) is -1.92. The van der Waals surface area contributed by atoms with Gasteiger partial charge in [-0.2, -0.15) is 0 Å². The van der Waals surface area contributed by atoms with E-state index in [0.29, 0.717) is 0 Å². The van der Waals surface area contributed by atoms with Gasteiger partial charge in [0.1, 0.15) is 67.1 Å². The second kappa shape index (κ2) is 10.8. The van der Waals surface area contributed by atoms with Crippen molar-refractivity contribution in [3.05, 3.63) is 0 Å². The van der Waals surface area contributed by atoms with Crippen molar-refractivity contribution in [2.75, 3.05) is 19.8 Å². The zero-order chi connectivity index (χ0) is 23.7. The van der Waals surface area contributed by atoms with Crippen molar-refractivity contribution in [1.82, 2.24) is 0 Å². The summed E-state index contributed by atoms with van der Waals surface area (Å²) in [4.78, 5) is 0. The molecule has 0 aliphatic carbocycles. The van der Waals surface area contributed by atoms with Gasteiger partial charge in [-0.15, -0.1) is 0 Å². The molecule has 3 heterocycles. The van der Waals surface area contributed by atoms with Crippen molar-refractivity contribution in [3.63, 3.8) is 0 Å². The molecule has 3 rings (SSSR count). The van der Waals surface area contributed by atoms with E-state index in [0.717, 1.165) is 0 Å². The lowest BCUT2D eigenvalue weighted by atomic mass is 9.97. The third-order valence-electron chi connectivity index (χ3n) is 5.70.